The van der Waals surface area contributed by atoms with Gasteiger partial charge in [0.25, 0.3) is 0 Å². The Labute approximate surface area is 176 Å². The van der Waals surface area contributed by atoms with Gasteiger partial charge in [0.15, 0.2) is 6.04 Å². The molecular weight excluding hydrogens is 408 g/mol. The van der Waals surface area contributed by atoms with Crippen molar-refractivity contribution in [2.75, 3.05) is 45.3 Å². The summed E-state index contributed by atoms with van der Waals surface area (Å²) in [5, 5.41) is 3.09. The van der Waals surface area contributed by atoms with E-state index in [2.05, 4.69) is 5.32 Å². The van der Waals surface area contributed by atoms with Crippen molar-refractivity contribution in [2.45, 2.75) is 17.9 Å². The predicted octanol–water partition coefficient (Wildman–Crippen LogP) is 2.43. The highest BCUT2D eigenvalue weighted by molar-refractivity contribution is 7.89. The quantitative estimate of drug-likeness (QED) is 0.638. The van der Waals surface area contributed by atoms with E-state index in [0.717, 1.165) is 0 Å². The fourth-order valence-electron chi connectivity index (χ4n) is 3.21. The van der Waals surface area contributed by atoms with Crippen LogP contribution in [0.4, 0.5) is 5.69 Å². The van der Waals surface area contributed by atoms with Gasteiger partial charge in [0, 0.05) is 18.8 Å². The first-order valence-corrected chi connectivity index (χ1v) is 11.2. The lowest BCUT2D eigenvalue weighted by molar-refractivity contribution is -0.141. The Morgan fingerprint density at radius 1 is 1.17 bits per heavy atom. The minimum Gasteiger partial charge on any atom is -0.492 e. The molecule has 0 bridgehead atoms. The molecule has 1 heterocycles. The number of methoxy groups -OCH3 is 1. The van der Waals surface area contributed by atoms with E-state index in [9.17, 15) is 13.2 Å². The molecule has 1 atom stereocenters. The van der Waals surface area contributed by atoms with E-state index in [1.54, 1.807) is 31.2 Å². The van der Waals surface area contributed by atoms with Gasteiger partial charge in [0.2, 0.25) is 10.0 Å². The number of ether oxygens (including phenoxy) is 3. The van der Waals surface area contributed by atoms with Gasteiger partial charge in [0.05, 0.1) is 26.9 Å². The maximum absolute atomic E-state index is 13.3. The number of hydrogen-bond acceptors (Lipinski definition) is 7. The first kappa shape index (κ1) is 22.1. The number of sulfonamides is 1. The Morgan fingerprint density at radius 2 is 1.87 bits per heavy atom. The van der Waals surface area contributed by atoms with Crippen molar-refractivity contribution in [1.82, 2.24) is 4.31 Å². The third-order valence-corrected chi connectivity index (χ3v) is 6.63. The van der Waals surface area contributed by atoms with Crippen molar-refractivity contribution in [1.29, 1.82) is 0 Å². The van der Waals surface area contributed by atoms with E-state index in [4.69, 9.17) is 14.2 Å². The summed E-state index contributed by atoms with van der Waals surface area (Å²) in [5.74, 6) is -0.212. The second kappa shape index (κ2) is 9.92. The molecule has 0 unspecified atom stereocenters. The zero-order chi connectivity index (χ0) is 21.6. The van der Waals surface area contributed by atoms with Gasteiger partial charge >= 0.3 is 5.97 Å². The normalized spacial score (nSPS) is 15.9. The van der Waals surface area contributed by atoms with E-state index < -0.39 is 22.0 Å². The standard InChI is InChI=1S/C21H26N2O6S/c1-3-29-18-10-9-17(15-19(18)30(25,26)23-11-13-28-14-12-23)22-20(21(24)27-2)16-7-5-4-6-8-16/h4-10,15,20,22H,3,11-14H2,1-2H3/t20-/m1/s1. The summed E-state index contributed by atoms with van der Waals surface area (Å²) in [6.45, 7) is 3.37. The number of nitrogens with zero attached hydrogens (tertiary/aromatic N) is 1. The number of esters is 1. The third-order valence-electron chi connectivity index (χ3n) is 4.71. The van der Waals surface area contributed by atoms with Crippen molar-refractivity contribution in [3.63, 3.8) is 0 Å². The lowest BCUT2D eigenvalue weighted by Gasteiger charge is -2.27. The number of morpholine rings is 1. The van der Waals surface area contributed by atoms with Gasteiger partial charge in [-0.05, 0) is 30.7 Å². The maximum Gasteiger partial charge on any atom is 0.332 e. The van der Waals surface area contributed by atoms with Gasteiger partial charge in [-0.2, -0.15) is 4.31 Å². The smallest absolute Gasteiger partial charge is 0.332 e. The third kappa shape index (κ3) is 4.92. The molecule has 1 saturated heterocycles. The Morgan fingerprint density at radius 3 is 2.50 bits per heavy atom. The van der Waals surface area contributed by atoms with Gasteiger partial charge in [-0.1, -0.05) is 30.3 Å². The minimum atomic E-state index is -3.79. The number of carbonyl (C=O) groups excluding carboxylic acids is 1. The summed E-state index contributed by atoms with van der Waals surface area (Å²) >= 11 is 0. The molecule has 3 rings (SSSR count). The van der Waals surface area contributed by atoms with E-state index in [1.165, 1.54) is 17.5 Å². The number of benzene rings is 2. The molecule has 9 heteroatoms. The largest absolute Gasteiger partial charge is 0.492 e. The molecule has 0 saturated carbocycles. The molecule has 1 aliphatic heterocycles. The minimum absolute atomic E-state index is 0.0490. The zero-order valence-corrected chi connectivity index (χ0v) is 17.9. The molecule has 1 N–H and O–H groups in total. The van der Waals surface area contributed by atoms with E-state index in [1.807, 2.05) is 18.2 Å². The monoisotopic (exact) mass is 434 g/mol. The second-order valence-electron chi connectivity index (χ2n) is 6.62. The highest BCUT2D eigenvalue weighted by Gasteiger charge is 2.30. The van der Waals surface area contributed by atoms with E-state index >= 15 is 0 Å². The SMILES string of the molecule is CCOc1ccc(N[C@@H](C(=O)OC)c2ccccc2)cc1S(=O)(=O)N1CCOCC1. The van der Waals surface area contributed by atoms with Crippen LogP contribution in [0.3, 0.4) is 0 Å². The highest BCUT2D eigenvalue weighted by atomic mass is 32.2. The van der Waals surface area contributed by atoms with Crippen LogP contribution in [-0.2, 0) is 24.3 Å². The number of hydrogen-bond donors (Lipinski definition) is 1. The van der Waals surface area contributed by atoms with Gasteiger partial charge < -0.3 is 19.5 Å². The van der Waals surface area contributed by atoms with Crippen molar-refractivity contribution in [2.24, 2.45) is 0 Å². The molecule has 0 amide bonds. The average molecular weight is 435 g/mol. The molecule has 30 heavy (non-hydrogen) atoms. The molecule has 8 nitrogen and oxygen atoms in total. The zero-order valence-electron chi connectivity index (χ0n) is 17.0. The number of rotatable bonds is 8. The molecule has 1 fully saturated rings. The molecule has 162 valence electrons. The van der Waals surface area contributed by atoms with Crippen LogP contribution in [0.2, 0.25) is 0 Å². The van der Waals surface area contributed by atoms with Crippen LogP contribution in [0.25, 0.3) is 0 Å². The first-order valence-electron chi connectivity index (χ1n) is 9.71. The Hall–Kier alpha value is -2.62. The van der Waals surface area contributed by atoms with Crippen LogP contribution in [0, 0.1) is 0 Å². The maximum atomic E-state index is 13.3. The van der Waals surface area contributed by atoms with Gasteiger partial charge in [-0.15, -0.1) is 0 Å². The number of anilines is 1. The van der Waals surface area contributed by atoms with E-state index in [0.29, 0.717) is 31.1 Å². The van der Waals surface area contributed by atoms with Crippen molar-refractivity contribution < 1.29 is 27.4 Å². The lowest BCUT2D eigenvalue weighted by Crippen LogP contribution is -2.40. The fourth-order valence-corrected chi connectivity index (χ4v) is 4.77. The Bertz CT molecular complexity index is 959. The molecule has 2 aromatic carbocycles. The molecular formula is C21H26N2O6S. The van der Waals surface area contributed by atoms with Crippen molar-refractivity contribution in [3.05, 3.63) is 54.1 Å². The predicted molar refractivity (Wildman–Crippen MR) is 112 cm³/mol. The molecule has 2 aromatic rings. The van der Waals surface area contributed by atoms with Gasteiger partial charge in [-0.3, -0.25) is 0 Å². The van der Waals surface area contributed by atoms with Crippen LogP contribution in [-0.4, -0.2) is 58.7 Å². The fraction of sp³-hybridized carbons (Fsp3) is 0.381. The van der Waals surface area contributed by atoms with Crippen LogP contribution < -0.4 is 10.1 Å². The topological polar surface area (TPSA) is 94.2 Å². The lowest BCUT2D eigenvalue weighted by atomic mass is 10.1. The van der Waals surface area contributed by atoms with Crippen molar-refractivity contribution >= 4 is 21.7 Å². The first-order chi connectivity index (χ1) is 14.5. The van der Waals surface area contributed by atoms with Gasteiger partial charge in [-0.25, -0.2) is 13.2 Å². The van der Waals surface area contributed by atoms with Crippen LogP contribution >= 0.6 is 0 Å². The Balaban J connectivity index is 1.97. The average Bonchev–Trinajstić information content (AvgIpc) is 2.79. The molecule has 1 aliphatic rings. The van der Waals surface area contributed by atoms with Crippen LogP contribution in [0.5, 0.6) is 5.75 Å². The summed E-state index contributed by atoms with van der Waals surface area (Å²) in [5.41, 5.74) is 1.17. The van der Waals surface area contributed by atoms with E-state index in [-0.39, 0.29) is 23.7 Å². The second-order valence-corrected chi connectivity index (χ2v) is 8.53. The van der Waals surface area contributed by atoms with Crippen LogP contribution in [0.1, 0.15) is 18.5 Å². The summed E-state index contributed by atoms with van der Waals surface area (Å²) < 4.78 is 43.7. The molecule has 0 spiro atoms. The Kier molecular flexibility index (Phi) is 7.30. The summed E-state index contributed by atoms with van der Waals surface area (Å²) in [6.07, 6.45) is 0. The van der Waals surface area contributed by atoms with Crippen LogP contribution in [0.15, 0.2) is 53.4 Å². The summed E-state index contributed by atoms with van der Waals surface area (Å²) in [6, 6.07) is 13.1. The molecule has 0 aliphatic carbocycles. The highest BCUT2D eigenvalue weighted by Crippen LogP contribution is 2.32. The number of carbonyl (C=O) groups is 1. The van der Waals surface area contributed by atoms with Crippen molar-refractivity contribution in [3.8, 4) is 5.75 Å². The van der Waals surface area contributed by atoms with Gasteiger partial charge in [0.1, 0.15) is 10.6 Å². The number of nitrogens with one attached hydrogen (secondary N) is 1. The summed E-state index contributed by atoms with van der Waals surface area (Å²) in [4.78, 5) is 12.4. The molecule has 0 aromatic heterocycles. The summed E-state index contributed by atoms with van der Waals surface area (Å²) in [7, 11) is -2.48. The molecule has 0 radical (unpaired) electrons.